The highest BCUT2D eigenvalue weighted by Gasteiger charge is 2.22. The molecule has 0 aliphatic heterocycles. The molecule has 2 heterocycles. The van der Waals surface area contributed by atoms with Gasteiger partial charge in [0.05, 0.1) is 22.4 Å². The van der Waals surface area contributed by atoms with Gasteiger partial charge < -0.3 is 0 Å². The lowest BCUT2D eigenvalue weighted by molar-refractivity contribution is 1.10. The van der Waals surface area contributed by atoms with Crippen LogP contribution >= 0.6 is 0 Å². The summed E-state index contributed by atoms with van der Waals surface area (Å²) in [7, 11) is 0. The molecule has 0 saturated heterocycles. The van der Waals surface area contributed by atoms with Gasteiger partial charge in [0.15, 0.2) is 5.82 Å². The van der Waals surface area contributed by atoms with Crippen LogP contribution in [0.3, 0.4) is 0 Å². The lowest BCUT2D eigenvalue weighted by Gasteiger charge is -2.18. The van der Waals surface area contributed by atoms with Crippen molar-refractivity contribution in [3.05, 3.63) is 218 Å². The van der Waals surface area contributed by atoms with Crippen molar-refractivity contribution in [3.63, 3.8) is 0 Å². The fraction of sp³-hybridized carbons (Fsp3) is 0. The third-order valence-corrected chi connectivity index (χ3v) is 10.4. The van der Waals surface area contributed by atoms with E-state index in [1.165, 1.54) is 0 Å². The predicted octanol–water partition coefficient (Wildman–Crippen LogP) is 13.5. The van der Waals surface area contributed by atoms with Crippen molar-refractivity contribution < 1.29 is 0 Å². The number of fused-ring (bicyclic) bond motifs is 1. The van der Waals surface area contributed by atoms with Gasteiger partial charge in [-0.05, 0) is 70.3 Å². The molecule has 4 nitrogen and oxygen atoms in total. The number of benzene rings is 8. The summed E-state index contributed by atoms with van der Waals surface area (Å²) in [5.74, 6) is 1.55. The second-order valence-electron chi connectivity index (χ2n) is 14.1. The Balaban J connectivity index is 1.19. The van der Waals surface area contributed by atoms with Crippen LogP contribution in [0.1, 0.15) is 0 Å². The lowest BCUT2D eigenvalue weighted by atomic mass is 9.92. The fourth-order valence-corrected chi connectivity index (χ4v) is 7.67. The van der Waals surface area contributed by atoms with E-state index in [9.17, 15) is 0 Å². The van der Waals surface area contributed by atoms with Crippen molar-refractivity contribution >= 4 is 11.0 Å². The number of aromatic nitrogens is 4. The Labute approximate surface area is 332 Å². The van der Waals surface area contributed by atoms with E-state index in [-0.39, 0.29) is 0 Å². The zero-order valence-electron chi connectivity index (χ0n) is 31.1. The zero-order valence-corrected chi connectivity index (χ0v) is 31.1. The zero-order chi connectivity index (χ0) is 38.0. The molecular formula is C53H36N4. The smallest absolute Gasteiger partial charge is 0.160 e. The molecule has 0 atom stereocenters. The molecule has 10 aromatic rings. The second kappa shape index (κ2) is 14.9. The van der Waals surface area contributed by atoms with E-state index in [2.05, 4.69) is 199 Å². The summed E-state index contributed by atoms with van der Waals surface area (Å²) >= 11 is 0. The number of para-hydroxylation sites is 3. The molecule has 10 rings (SSSR count). The predicted molar refractivity (Wildman–Crippen MR) is 235 cm³/mol. The van der Waals surface area contributed by atoms with Crippen molar-refractivity contribution in [3.8, 4) is 84.4 Å². The van der Waals surface area contributed by atoms with Gasteiger partial charge >= 0.3 is 0 Å². The first kappa shape index (κ1) is 33.8. The largest absolute Gasteiger partial charge is 0.292 e. The molecule has 57 heavy (non-hydrogen) atoms. The Morgan fingerprint density at radius 3 is 1.25 bits per heavy atom. The van der Waals surface area contributed by atoms with E-state index >= 15 is 0 Å². The van der Waals surface area contributed by atoms with Gasteiger partial charge in [0, 0.05) is 33.5 Å². The highest BCUT2D eigenvalue weighted by atomic mass is 15.1. The summed E-state index contributed by atoms with van der Waals surface area (Å²) in [6.45, 7) is 0. The van der Waals surface area contributed by atoms with Gasteiger partial charge in [-0.2, -0.15) is 0 Å². The minimum absolute atomic E-state index is 0.666. The number of imidazole rings is 1. The molecule has 0 unspecified atom stereocenters. The van der Waals surface area contributed by atoms with Crippen LogP contribution in [0, 0.1) is 0 Å². The minimum Gasteiger partial charge on any atom is -0.292 e. The van der Waals surface area contributed by atoms with Crippen molar-refractivity contribution in [1.29, 1.82) is 0 Å². The van der Waals surface area contributed by atoms with Gasteiger partial charge in [0.2, 0.25) is 0 Å². The van der Waals surface area contributed by atoms with Crippen LogP contribution in [0.4, 0.5) is 0 Å². The SMILES string of the molecule is c1ccc(-c2cc(-c3ccccc3)cc(-c3nc(-c4ccccc4)c(-c4ccc(-c5nc6ccccc6n5-c5ccccc5)cc4)c(-c4ccccc4)n3)c2)cc1. The molecule has 0 N–H and O–H groups in total. The van der Waals surface area contributed by atoms with E-state index in [1.807, 2.05) is 24.3 Å². The third kappa shape index (κ3) is 6.60. The first-order valence-electron chi connectivity index (χ1n) is 19.2. The molecular weight excluding hydrogens is 693 g/mol. The first-order chi connectivity index (χ1) is 28.3. The Morgan fingerprint density at radius 2 is 0.719 bits per heavy atom. The molecule has 268 valence electrons. The van der Waals surface area contributed by atoms with Crippen LogP contribution in [0.25, 0.3) is 95.4 Å². The highest BCUT2D eigenvalue weighted by molar-refractivity contribution is 5.93. The molecule has 0 spiro atoms. The molecule has 0 aliphatic rings. The highest BCUT2D eigenvalue weighted by Crippen LogP contribution is 2.41. The topological polar surface area (TPSA) is 43.6 Å². The van der Waals surface area contributed by atoms with Gasteiger partial charge in [-0.1, -0.05) is 176 Å². The molecule has 0 saturated carbocycles. The Hall–Kier alpha value is -7.69. The fourth-order valence-electron chi connectivity index (χ4n) is 7.67. The molecule has 8 aromatic carbocycles. The van der Waals surface area contributed by atoms with Crippen LogP contribution < -0.4 is 0 Å². The summed E-state index contributed by atoms with van der Waals surface area (Å²) in [5, 5.41) is 0. The van der Waals surface area contributed by atoms with Crippen molar-refractivity contribution in [1.82, 2.24) is 19.5 Å². The Morgan fingerprint density at radius 1 is 0.298 bits per heavy atom. The first-order valence-corrected chi connectivity index (χ1v) is 19.2. The summed E-state index contributed by atoms with van der Waals surface area (Å²) in [6, 6.07) is 76.1. The third-order valence-electron chi connectivity index (χ3n) is 10.4. The van der Waals surface area contributed by atoms with Crippen LogP contribution in [0.15, 0.2) is 218 Å². The maximum Gasteiger partial charge on any atom is 0.160 e. The average molecular weight is 729 g/mol. The quantitative estimate of drug-likeness (QED) is 0.156. The normalized spacial score (nSPS) is 11.2. The van der Waals surface area contributed by atoms with E-state index < -0.39 is 0 Å². The van der Waals surface area contributed by atoms with E-state index in [4.69, 9.17) is 15.0 Å². The monoisotopic (exact) mass is 728 g/mol. The van der Waals surface area contributed by atoms with Gasteiger partial charge in [-0.15, -0.1) is 0 Å². The molecule has 4 heteroatoms. The number of rotatable bonds is 8. The average Bonchev–Trinajstić information content (AvgIpc) is 3.70. The van der Waals surface area contributed by atoms with E-state index in [1.54, 1.807) is 0 Å². The molecule has 0 aliphatic carbocycles. The summed E-state index contributed by atoms with van der Waals surface area (Å²) in [6.07, 6.45) is 0. The van der Waals surface area contributed by atoms with Crippen LogP contribution in [-0.2, 0) is 0 Å². The molecule has 0 amide bonds. The number of hydrogen-bond donors (Lipinski definition) is 0. The van der Waals surface area contributed by atoms with Crippen LogP contribution in [-0.4, -0.2) is 19.5 Å². The Kier molecular flexibility index (Phi) is 8.82. The number of hydrogen-bond acceptors (Lipinski definition) is 3. The van der Waals surface area contributed by atoms with Gasteiger partial charge in [-0.25, -0.2) is 15.0 Å². The second-order valence-corrected chi connectivity index (χ2v) is 14.1. The minimum atomic E-state index is 0.666. The molecule has 0 bridgehead atoms. The van der Waals surface area contributed by atoms with E-state index in [0.717, 1.165) is 89.6 Å². The summed E-state index contributed by atoms with van der Waals surface area (Å²) in [5.41, 5.74) is 15.3. The van der Waals surface area contributed by atoms with Gasteiger partial charge in [0.1, 0.15) is 5.82 Å². The van der Waals surface area contributed by atoms with Crippen LogP contribution in [0.2, 0.25) is 0 Å². The molecule has 2 aromatic heterocycles. The summed E-state index contributed by atoms with van der Waals surface area (Å²) < 4.78 is 2.24. The van der Waals surface area contributed by atoms with E-state index in [0.29, 0.717) is 5.82 Å². The van der Waals surface area contributed by atoms with Crippen molar-refractivity contribution in [2.75, 3.05) is 0 Å². The standard InChI is InChI=1S/C53H36N4/c1-6-18-37(19-7-1)43-34-44(38-20-8-2-9-21-38)36-45(35-43)52-55-50(40-22-10-3-11-23-40)49(51(56-52)41-24-12-4-13-25-41)39-30-32-42(33-31-39)53-54-47-28-16-17-29-48(47)57(53)46-26-14-5-15-27-46/h1-36H. The van der Waals surface area contributed by atoms with Crippen LogP contribution in [0.5, 0.6) is 0 Å². The molecule has 0 radical (unpaired) electrons. The molecule has 0 fully saturated rings. The van der Waals surface area contributed by atoms with Crippen molar-refractivity contribution in [2.45, 2.75) is 0 Å². The van der Waals surface area contributed by atoms with Crippen molar-refractivity contribution in [2.24, 2.45) is 0 Å². The van der Waals surface area contributed by atoms with Gasteiger partial charge in [-0.3, -0.25) is 4.57 Å². The Bertz CT molecular complexity index is 2840. The maximum atomic E-state index is 5.48. The maximum absolute atomic E-state index is 5.48. The lowest BCUT2D eigenvalue weighted by Crippen LogP contribution is -2.01. The number of nitrogens with zero attached hydrogens (tertiary/aromatic N) is 4. The van der Waals surface area contributed by atoms with Gasteiger partial charge in [0.25, 0.3) is 0 Å². The summed E-state index contributed by atoms with van der Waals surface area (Å²) in [4.78, 5) is 16.1.